The van der Waals surface area contributed by atoms with Crippen LogP contribution < -0.4 is 14.2 Å². The molecule has 1 aromatic rings. The highest BCUT2D eigenvalue weighted by atomic mass is 16.7. The summed E-state index contributed by atoms with van der Waals surface area (Å²) >= 11 is 0. The van der Waals surface area contributed by atoms with Crippen LogP contribution >= 0.6 is 0 Å². The van der Waals surface area contributed by atoms with Gasteiger partial charge in [0.15, 0.2) is 11.5 Å². The van der Waals surface area contributed by atoms with Gasteiger partial charge in [0.25, 0.3) is 0 Å². The molecule has 0 N–H and O–H groups in total. The molecule has 0 spiro atoms. The van der Waals surface area contributed by atoms with Crippen molar-refractivity contribution in [2.45, 2.75) is 6.92 Å². The van der Waals surface area contributed by atoms with Crippen molar-refractivity contribution in [3.63, 3.8) is 0 Å². The second-order valence-corrected chi connectivity index (χ2v) is 3.16. The van der Waals surface area contributed by atoms with Crippen molar-refractivity contribution in [2.24, 2.45) is 0 Å². The summed E-state index contributed by atoms with van der Waals surface area (Å²) in [6.07, 6.45) is 0. The lowest BCUT2D eigenvalue weighted by Gasteiger charge is -2.05. The fourth-order valence-electron chi connectivity index (χ4n) is 1.17. The first-order valence-electron chi connectivity index (χ1n) is 4.45. The molecule has 0 radical (unpaired) electrons. The van der Waals surface area contributed by atoms with Gasteiger partial charge in [0.1, 0.15) is 0 Å². The van der Waals surface area contributed by atoms with E-state index in [2.05, 4.69) is 6.58 Å². The summed E-state index contributed by atoms with van der Waals surface area (Å²) in [5, 5.41) is 0. The molecule has 0 fully saturated rings. The number of carbonyl (C=O) groups is 1. The smallest absolute Gasteiger partial charge is 0.338 e. The number of fused-ring (bicyclic) bond motifs is 1. The summed E-state index contributed by atoms with van der Waals surface area (Å²) in [5.41, 5.74) is 0.339. The topological polar surface area (TPSA) is 44.8 Å². The van der Waals surface area contributed by atoms with E-state index in [-0.39, 0.29) is 6.79 Å². The normalized spacial score (nSPS) is 12.3. The van der Waals surface area contributed by atoms with Gasteiger partial charge in [0.2, 0.25) is 12.5 Å². The van der Waals surface area contributed by atoms with Crippen molar-refractivity contribution in [1.29, 1.82) is 0 Å². The van der Waals surface area contributed by atoms with Crippen LogP contribution in [0.15, 0.2) is 30.4 Å². The van der Waals surface area contributed by atoms with E-state index in [0.717, 1.165) is 0 Å². The molecule has 0 bridgehead atoms. The minimum absolute atomic E-state index is 0.150. The van der Waals surface area contributed by atoms with Crippen molar-refractivity contribution in [1.82, 2.24) is 0 Å². The molecule has 0 saturated heterocycles. The standard InChI is InChI=1S/C11H10O4/c1-7(2)11(12)15-9-5-3-4-8-10(9)14-6-13-8/h3-5H,1,6H2,2H3. The zero-order valence-corrected chi connectivity index (χ0v) is 8.28. The minimum atomic E-state index is -0.473. The molecular weight excluding hydrogens is 196 g/mol. The number of para-hydroxylation sites is 1. The monoisotopic (exact) mass is 206 g/mol. The number of carbonyl (C=O) groups excluding carboxylic acids is 1. The van der Waals surface area contributed by atoms with E-state index in [1.54, 1.807) is 25.1 Å². The lowest BCUT2D eigenvalue weighted by atomic mass is 10.3. The highest BCUT2D eigenvalue weighted by Crippen LogP contribution is 2.40. The molecule has 0 saturated carbocycles. The second-order valence-electron chi connectivity index (χ2n) is 3.16. The maximum absolute atomic E-state index is 11.3. The van der Waals surface area contributed by atoms with Gasteiger partial charge in [0.05, 0.1) is 0 Å². The number of rotatable bonds is 2. The Kier molecular flexibility index (Phi) is 2.33. The molecule has 0 aromatic heterocycles. The number of esters is 1. The Bertz CT molecular complexity index is 423. The van der Waals surface area contributed by atoms with Crippen molar-refractivity contribution in [3.8, 4) is 17.2 Å². The van der Waals surface area contributed by atoms with Gasteiger partial charge >= 0.3 is 5.97 Å². The Labute approximate surface area is 87.1 Å². The molecule has 78 valence electrons. The van der Waals surface area contributed by atoms with Gasteiger partial charge in [-0.05, 0) is 19.1 Å². The summed E-state index contributed by atoms with van der Waals surface area (Å²) in [6.45, 7) is 5.23. The van der Waals surface area contributed by atoms with E-state index in [4.69, 9.17) is 14.2 Å². The maximum Gasteiger partial charge on any atom is 0.338 e. The number of hydrogen-bond acceptors (Lipinski definition) is 4. The Balaban J connectivity index is 2.26. The predicted octanol–water partition coefficient (Wildman–Crippen LogP) is 1.90. The van der Waals surface area contributed by atoms with Gasteiger partial charge in [-0.15, -0.1) is 0 Å². The van der Waals surface area contributed by atoms with Crippen molar-refractivity contribution < 1.29 is 19.0 Å². The summed E-state index contributed by atoms with van der Waals surface area (Å²) in [4.78, 5) is 11.3. The Morgan fingerprint density at radius 3 is 3.00 bits per heavy atom. The van der Waals surface area contributed by atoms with Gasteiger partial charge in [0, 0.05) is 5.57 Å². The van der Waals surface area contributed by atoms with Gasteiger partial charge in [-0.1, -0.05) is 12.6 Å². The minimum Gasteiger partial charge on any atom is -0.453 e. The largest absolute Gasteiger partial charge is 0.453 e. The third-order valence-electron chi connectivity index (χ3n) is 1.91. The molecular formula is C11H10O4. The van der Waals surface area contributed by atoms with Crippen molar-refractivity contribution >= 4 is 5.97 Å². The Morgan fingerprint density at radius 1 is 1.47 bits per heavy atom. The van der Waals surface area contributed by atoms with E-state index in [1.165, 1.54) is 0 Å². The molecule has 1 aliphatic rings. The molecule has 0 aliphatic carbocycles. The molecule has 1 aliphatic heterocycles. The van der Waals surface area contributed by atoms with Crippen LogP contribution in [0.1, 0.15) is 6.92 Å². The average Bonchev–Trinajstić information content (AvgIpc) is 2.66. The molecule has 15 heavy (non-hydrogen) atoms. The number of ether oxygens (including phenoxy) is 3. The van der Waals surface area contributed by atoms with E-state index >= 15 is 0 Å². The number of hydrogen-bond donors (Lipinski definition) is 0. The highest BCUT2D eigenvalue weighted by molar-refractivity contribution is 5.89. The van der Waals surface area contributed by atoms with Crippen molar-refractivity contribution in [3.05, 3.63) is 30.4 Å². The second kappa shape index (κ2) is 3.65. The van der Waals surface area contributed by atoms with Crippen molar-refractivity contribution in [2.75, 3.05) is 6.79 Å². The molecule has 1 aromatic carbocycles. The summed E-state index contributed by atoms with van der Waals surface area (Å²) in [7, 11) is 0. The zero-order chi connectivity index (χ0) is 10.8. The lowest BCUT2D eigenvalue weighted by molar-refractivity contribution is -0.130. The predicted molar refractivity (Wildman–Crippen MR) is 53.0 cm³/mol. The van der Waals surface area contributed by atoms with Crippen LogP contribution in [0, 0.1) is 0 Å². The summed E-state index contributed by atoms with van der Waals surface area (Å²) in [6, 6.07) is 5.13. The van der Waals surface area contributed by atoms with Gasteiger partial charge in [-0.3, -0.25) is 0 Å². The molecule has 4 heteroatoms. The first-order valence-corrected chi connectivity index (χ1v) is 4.45. The van der Waals surface area contributed by atoms with Gasteiger partial charge in [-0.2, -0.15) is 0 Å². The summed E-state index contributed by atoms with van der Waals surface area (Å²) in [5.74, 6) is 0.936. The van der Waals surface area contributed by atoms with E-state index in [9.17, 15) is 4.79 Å². The molecule has 0 atom stereocenters. The van der Waals surface area contributed by atoms with Gasteiger partial charge in [-0.25, -0.2) is 4.79 Å². The molecule has 1 heterocycles. The third kappa shape index (κ3) is 1.79. The molecule has 4 nitrogen and oxygen atoms in total. The average molecular weight is 206 g/mol. The van der Waals surface area contributed by atoms with Crippen LogP contribution in [0.4, 0.5) is 0 Å². The SMILES string of the molecule is C=C(C)C(=O)Oc1cccc2c1OCO2. The van der Waals surface area contributed by atoms with Gasteiger partial charge < -0.3 is 14.2 Å². The quantitative estimate of drug-likeness (QED) is 0.421. The maximum atomic E-state index is 11.3. The van der Waals surface area contributed by atoms with Crippen LogP contribution in [0.25, 0.3) is 0 Å². The Hall–Kier alpha value is -1.97. The van der Waals surface area contributed by atoms with E-state index in [0.29, 0.717) is 22.8 Å². The summed E-state index contributed by atoms with van der Waals surface area (Å²) < 4.78 is 15.4. The van der Waals surface area contributed by atoms with Crippen LogP contribution in [0.3, 0.4) is 0 Å². The molecule has 2 rings (SSSR count). The highest BCUT2D eigenvalue weighted by Gasteiger charge is 2.20. The van der Waals surface area contributed by atoms with E-state index in [1.807, 2.05) is 0 Å². The first-order chi connectivity index (χ1) is 7.18. The fraction of sp³-hybridized carbons (Fsp3) is 0.182. The van der Waals surface area contributed by atoms with Crippen LogP contribution in [-0.4, -0.2) is 12.8 Å². The van der Waals surface area contributed by atoms with Crippen LogP contribution in [-0.2, 0) is 4.79 Å². The lowest BCUT2D eigenvalue weighted by Crippen LogP contribution is -2.08. The fourth-order valence-corrected chi connectivity index (χ4v) is 1.17. The molecule has 0 unspecified atom stereocenters. The third-order valence-corrected chi connectivity index (χ3v) is 1.91. The van der Waals surface area contributed by atoms with Crippen LogP contribution in [0.5, 0.6) is 17.2 Å². The molecule has 0 amide bonds. The number of benzene rings is 1. The Morgan fingerprint density at radius 2 is 2.27 bits per heavy atom. The zero-order valence-electron chi connectivity index (χ0n) is 8.28. The first kappa shape index (κ1) is 9.58. The van der Waals surface area contributed by atoms with Crippen LogP contribution in [0.2, 0.25) is 0 Å². The van der Waals surface area contributed by atoms with E-state index < -0.39 is 5.97 Å².